The van der Waals surface area contributed by atoms with E-state index in [0.717, 1.165) is 27.7 Å². The highest BCUT2D eigenvalue weighted by Gasteiger charge is 2.17. The number of nitrogens with one attached hydrogen (secondary N) is 2. The predicted octanol–water partition coefficient (Wildman–Crippen LogP) is 5.01. The van der Waals surface area contributed by atoms with Crippen LogP contribution in [-0.2, 0) is 4.79 Å². The molecule has 0 fully saturated rings. The van der Waals surface area contributed by atoms with Gasteiger partial charge in [-0.1, -0.05) is 30.3 Å². The maximum Gasteiger partial charge on any atom is 0.266 e. The zero-order valence-corrected chi connectivity index (χ0v) is 15.8. The molecule has 2 N–H and O–H groups in total. The fraction of sp³-hybridized carbons (Fsp3) is 0.143. The normalized spacial score (nSPS) is 12.1. The molecular formula is C21H19N3O2S. The molecule has 0 aliphatic carbocycles. The van der Waals surface area contributed by atoms with E-state index in [1.165, 1.54) is 11.3 Å². The Balaban J connectivity index is 1.46. The topological polar surface area (TPSA) is 67.0 Å². The monoisotopic (exact) mass is 377 g/mol. The van der Waals surface area contributed by atoms with Crippen LogP contribution in [0.15, 0.2) is 60.1 Å². The number of hydrogen-bond donors (Lipinski definition) is 2. The van der Waals surface area contributed by atoms with E-state index in [4.69, 9.17) is 4.74 Å². The van der Waals surface area contributed by atoms with Crippen LogP contribution < -0.4 is 10.1 Å². The van der Waals surface area contributed by atoms with Crippen LogP contribution in [0, 0.1) is 6.92 Å². The second kappa shape index (κ2) is 7.25. The number of H-pyrrole nitrogens is 1. The number of aromatic amines is 1. The first-order valence-electron chi connectivity index (χ1n) is 8.66. The van der Waals surface area contributed by atoms with Crippen LogP contribution >= 0.6 is 11.3 Å². The fourth-order valence-corrected chi connectivity index (χ4v) is 3.61. The Morgan fingerprint density at radius 3 is 2.93 bits per heavy atom. The van der Waals surface area contributed by atoms with Crippen LogP contribution in [-0.4, -0.2) is 22.0 Å². The summed E-state index contributed by atoms with van der Waals surface area (Å²) < 4.78 is 5.73. The third-order valence-corrected chi connectivity index (χ3v) is 5.03. The van der Waals surface area contributed by atoms with Gasteiger partial charge in [-0.05, 0) is 37.6 Å². The number of aryl methyl sites for hydroxylation is 1. The molecule has 2 heterocycles. The van der Waals surface area contributed by atoms with Crippen molar-refractivity contribution in [3.63, 3.8) is 0 Å². The summed E-state index contributed by atoms with van der Waals surface area (Å²) in [6.07, 6.45) is 1.32. The molecule has 0 spiro atoms. The van der Waals surface area contributed by atoms with Gasteiger partial charge in [0, 0.05) is 28.0 Å². The van der Waals surface area contributed by atoms with Gasteiger partial charge >= 0.3 is 0 Å². The Morgan fingerprint density at radius 2 is 2.07 bits per heavy atom. The molecule has 1 atom stereocenters. The quantitative estimate of drug-likeness (QED) is 0.514. The molecule has 2 aromatic heterocycles. The maximum absolute atomic E-state index is 12.4. The van der Waals surface area contributed by atoms with E-state index in [1.54, 1.807) is 6.92 Å². The lowest BCUT2D eigenvalue weighted by molar-refractivity contribution is -0.122. The average molecular weight is 377 g/mol. The van der Waals surface area contributed by atoms with Gasteiger partial charge in [-0.3, -0.25) is 10.1 Å². The van der Waals surface area contributed by atoms with Crippen LogP contribution in [0.2, 0.25) is 0 Å². The molecule has 0 saturated heterocycles. The molecule has 4 rings (SSSR count). The van der Waals surface area contributed by atoms with E-state index in [0.29, 0.717) is 10.9 Å². The molecule has 136 valence electrons. The summed E-state index contributed by atoms with van der Waals surface area (Å²) in [5.74, 6) is 0.451. The highest BCUT2D eigenvalue weighted by molar-refractivity contribution is 7.14. The van der Waals surface area contributed by atoms with Gasteiger partial charge in [0.25, 0.3) is 5.91 Å². The molecule has 2 aromatic carbocycles. The zero-order valence-electron chi connectivity index (χ0n) is 15.0. The largest absolute Gasteiger partial charge is 0.481 e. The van der Waals surface area contributed by atoms with Gasteiger partial charge in [-0.2, -0.15) is 0 Å². The predicted molar refractivity (Wildman–Crippen MR) is 109 cm³/mol. The number of aromatic nitrogens is 2. The van der Waals surface area contributed by atoms with Crippen LogP contribution in [0.5, 0.6) is 5.75 Å². The minimum atomic E-state index is -0.618. The summed E-state index contributed by atoms with van der Waals surface area (Å²) in [5, 5.41) is 6.45. The molecule has 0 unspecified atom stereocenters. The highest BCUT2D eigenvalue weighted by Crippen LogP contribution is 2.31. The van der Waals surface area contributed by atoms with Crippen LogP contribution in [0.25, 0.3) is 22.2 Å². The molecule has 0 aliphatic rings. The molecule has 0 radical (unpaired) electrons. The second-order valence-electron chi connectivity index (χ2n) is 6.35. The number of anilines is 1. The van der Waals surface area contributed by atoms with E-state index in [9.17, 15) is 4.79 Å². The van der Waals surface area contributed by atoms with E-state index in [1.807, 2.05) is 61.0 Å². The number of rotatable bonds is 5. The maximum atomic E-state index is 12.4. The first-order chi connectivity index (χ1) is 13.1. The molecule has 27 heavy (non-hydrogen) atoms. The molecular weight excluding hydrogens is 358 g/mol. The number of amides is 1. The van der Waals surface area contributed by atoms with Crippen molar-refractivity contribution in [2.75, 3.05) is 5.32 Å². The van der Waals surface area contributed by atoms with Gasteiger partial charge in [-0.15, -0.1) is 11.3 Å². The number of carbonyl (C=O) groups is 1. The smallest absolute Gasteiger partial charge is 0.266 e. The lowest BCUT2D eigenvalue weighted by atomic mass is 10.1. The first-order valence-corrected chi connectivity index (χ1v) is 9.54. The SMILES string of the molecule is Cc1cccc(O[C@H](C)C(=O)Nc2nc(-c3c[nH]c4ccccc34)cs2)c1. The number of fused-ring (bicyclic) bond motifs is 1. The molecule has 6 heteroatoms. The van der Waals surface area contributed by atoms with Crippen molar-refractivity contribution in [3.8, 4) is 17.0 Å². The van der Waals surface area contributed by atoms with Crippen molar-refractivity contribution in [3.05, 3.63) is 65.7 Å². The minimum Gasteiger partial charge on any atom is -0.481 e. The summed E-state index contributed by atoms with van der Waals surface area (Å²) >= 11 is 1.40. The Hall–Kier alpha value is -3.12. The summed E-state index contributed by atoms with van der Waals surface area (Å²) in [6.45, 7) is 3.71. The Morgan fingerprint density at radius 1 is 1.22 bits per heavy atom. The molecule has 0 aliphatic heterocycles. The standard InChI is InChI=1S/C21H19N3O2S/c1-13-6-5-7-15(10-13)26-14(2)20(25)24-21-23-19(12-27-21)17-11-22-18-9-4-3-8-16(17)18/h3-12,14,22H,1-2H3,(H,23,24,25)/t14-/m1/s1. The summed E-state index contributed by atoms with van der Waals surface area (Å²) in [4.78, 5) is 20.2. The molecule has 0 bridgehead atoms. The van der Waals surface area contributed by atoms with E-state index >= 15 is 0 Å². The minimum absolute atomic E-state index is 0.226. The summed E-state index contributed by atoms with van der Waals surface area (Å²) in [6, 6.07) is 15.7. The van der Waals surface area contributed by atoms with Crippen LogP contribution in [0.1, 0.15) is 12.5 Å². The van der Waals surface area contributed by atoms with E-state index in [-0.39, 0.29) is 5.91 Å². The summed E-state index contributed by atoms with van der Waals surface area (Å²) in [5.41, 5.74) is 4.00. The molecule has 4 aromatic rings. The molecule has 0 saturated carbocycles. The van der Waals surface area contributed by atoms with Crippen molar-refractivity contribution in [2.45, 2.75) is 20.0 Å². The number of hydrogen-bond acceptors (Lipinski definition) is 4. The van der Waals surface area contributed by atoms with E-state index < -0.39 is 6.10 Å². The van der Waals surface area contributed by atoms with Crippen molar-refractivity contribution in [1.82, 2.24) is 9.97 Å². The highest BCUT2D eigenvalue weighted by atomic mass is 32.1. The third-order valence-electron chi connectivity index (χ3n) is 4.27. The number of carbonyl (C=O) groups excluding carboxylic acids is 1. The van der Waals surface area contributed by atoms with Crippen LogP contribution in [0.4, 0.5) is 5.13 Å². The van der Waals surface area contributed by atoms with Gasteiger partial charge in [0.05, 0.1) is 5.69 Å². The van der Waals surface area contributed by atoms with Crippen LogP contribution in [0.3, 0.4) is 0 Å². The second-order valence-corrected chi connectivity index (χ2v) is 7.21. The van der Waals surface area contributed by atoms with Crippen molar-refractivity contribution >= 4 is 33.3 Å². The number of nitrogens with zero attached hydrogens (tertiary/aromatic N) is 1. The van der Waals surface area contributed by atoms with Crippen molar-refractivity contribution in [1.29, 1.82) is 0 Å². The number of para-hydroxylation sites is 1. The first kappa shape index (κ1) is 17.3. The Kier molecular flexibility index (Phi) is 4.64. The van der Waals surface area contributed by atoms with Gasteiger partial charge in [0.2, 0.25) is 0 Å². The number of benzene rings is 2. The van der Waals surface area contributed by atoms with Gasteiger partial charge in [-0.25, -0.2) is 4.98 Å². The lowest BCUT2D eigenvalue weighted by Crippen LogP contribution is -2.30. The van der Waals surface area contributed by atoms with Gasteiger partial charge in [0.1, 0.15) is 5.75 Å². The fourth-order valence-electron chi connectivity index (χ4n) is 2.89. The molecule has 5 nitrogen and oxygen atoms in total. The zero-order chi connectivity index (χ0) is 18.8. The third kappa shape index (κ3) is 3.71. The average Bonchev–Trinajstić information content (AvgIpc) is 3.28. The number of thiazole rings is 1. The molecule has 1 amide bonds. The van der Waals surface area contributed by atoms with Crippen molar-refractivity contribution < 1.29 is 9.53 Å². The van der Waals surface area contributed by atoms with Gasteiger partial charge < -0.3 is 9.72 Å². The van der Waals surface area contributed by atoms with E-state index in [2.05, 4.69) is 21.4 Å². The lowest BCUT2D eigenvalue weighted by Gasteiger charge is -2.14. The van der Waals surface area contributed by atoms with Gasteiger partial charge in [0.15, 0.2) is 11.2 Å². The Bertz CT molecular complexity index is 1100. The number of ether oxygens (including phenoxy) is 1. The summed E-state index contributed by atoms with van der Waals surface area (Å²) in [7, 11) is 0. The Labute approximate surface area is 161 Å². The van der Waals surface area contributed by atoms with Crippen molar-refractivity contribution in [2.24, 2.45) is 0 Å².